The third-order valence-corrected chi connectivity index (χ3v) is 2.53. The molecule has 0 unspecified atom stereocenters. The average molecular weight is 293 g/mol. The van der Waals surface area contributed by atoms with Crippen molar-refractivity contribution in [1.82, 2.24) is 0 Å². The molecule has 0 aliphatic rings. The van der Waals surface area contributed by atoms with Gasteiger partial charge in [0.1, 0.15) is 5.82 Å². The van der Waals surface area contributed by atoms with Crippen molar-refractivity contribution in [3.05, 3.63) is 63.7 Å². The number of nitro groups is 1. The van der Waals surface area contributed by atoms with E-state index in [1.165, 1.54) is 18.3 Å². The lowest BCUT2D eigenvalue weighted by atomic mass is 10.2. The van der Waals surface area contributed by atoms with Crippen molar-refractivity contribution in [3.8, 4) is 5.75 Å². The van der Waals surface area contributed by atoms with E-state index in [2.05, 4.69) is 10.5 Å². The van der Waals surface area contributed by atoms with Gasteiger partial charge in [0.2, 0.25) is 0 Å². The number of nitrogens with zero attached hydrogens (tertiary/aromatic N) is 2. The van der Waals surface area contributed by atoms with Crippen LogP contribution in [0.4, 0.5) is 20.2 Å². The first kappa shape index (κ1) is 14.4. The average Bonchev–Trinajstić information content (AvgIpc) is 2.42. The van der Waals surface area contributed by atoms with Gasteiger partial charge in [0.15, 0.2) is 11.6 Å². The number of hydrazone groups is 1. The quantitative estimate of drug-likeness (QED) is 0.515. The lowest BCUT2D eigenvalue weighted by Gasteiger charge is -2.02. The maximum absolute atomic E-state index is 13.3. The first-order valence-electron chi connectivity index (χ1n) is 5.69. The van der Waals surface area contributed by atoms with Crippen LogP contribution < -0.4 is 5.43 Å². The Labute approximate surface area is 117 Å². The van der Waals surface area contributed by atoms with Crippen LogP contribution in [-0.2, 0) is 0 Å². The molecule has 0 saturated heterocycles. The van der Waals surface area contributed by atoms with Crippen molar-refractivity contribution in [2.75, 3.05) is 5.43 Å². The zero-order valence-corrected chi connectivity index (χ0v) is 10.5. The molecule has 0 saturated carbocycles. The van der Waals surface area contributed by atoms with Gasteiger partial charge in [0.05, 0.1) is 16.8 Å². The van der Waals surface area contributed by atoms with E-state index < -0.39 is 28.0 Å². The Morgan fingerprint density at radius 1 is 1.24 bits per heavy atom. The smallest absolute Gasteiger partial charge is 0.311 e. The van der Waals surface area contributed by atoms with Crippen molar-refractivity contribution >= 4 is 17.6 Å². The molecule has 108 valence electrons. The number of nitrogens with one attached hydrogen (secondary N) is 1. The fourth-order valence-corrected chi connectivity index (χ4v) is 1.52. The Kier molecular flexibility index (Phi) is 4.07. The van der Waals surface area contributed by atoms with E-state index in [4.69, 9.17) is 0 Å². The largest absolute Gasteiger partial charge is 0.502 e. The highest BCUT2D eigenvalue weighted by molar-refractivity contribution is 5.82. The van der Waals surface area contributed by atoms with E-state index in [0.29, 0.717) is 11.6 Å². The molecule has 6 nitrogen and oxygen atoms in total. The number of nitro benzene ring substituents is 1. The molecule has 0 bridgehead atoms. The second-order valence-electron chi connectivity index (χ2n) is 4.00. The summed E-state index contributed by atoms with van der Waals surface area (Å²) in [6.07, 6.45) is 1.20. The first-order valence-corrected chi connectivity index (χ1v) is 5.69. The summed E-state index contributed by atoms with van der Waals surface area (Å²) >= 11 is 0. The molecular weight excluding hydrogens is 284 g/mol. The molecule has 0 amide bonds. The van der Waals surface area contributed by atoms with Gasteiger partial charge in [-0.15, -0.1) is 0 Å². The van der Waals surface area contributed by atoms with E-state index >= 15 is 0 Å². The van der Waals surface area contributed by atoms with Crippen LogP contribution in [0.3, 0.4) is 0 Å². The van der Waals surface area contributed by atoms with Gasteiger partial charge in [-0.2, -0.15) is 5.10 Å². The van der Waals surface area contributed by atoms with Crippen LogP contribution in [0.15, 0.2) is 41.5 Å². The highest BCUT2D eigenvalue weighted by Gasteiger charge is 2.12. The van der Waals surface area contributed by atoms with Gasteiger partial charge in [-0.05, 0) is 24.3 Å². The third-order valence-electron chi connectivity index (χ3n) is 2.53. The molecule has 2 aromatic rings. The molecule has 2 aromatic carbocycles. The van der Waals surface area contributed by atoms with Gasteiger partial charge in [-0.25, -0.2) is 8.78 Å². The van der Waals surface area contributed by atoms with Gasteiger partial charge in [0, 0.05) is 17.7 Å². The standard InChI is InChI=1S/C13H9F2N3O3/c14-9-2-3-11(10(15)6-9)17-16-7-8-1-4-13(19)12(5-8)18(20)21/h1-7,17,19H/b16-7-. The highest BCUT2D eigenvalue weighted by atomic mass is 19.1. The van der Waals surface area contributed by atoms with Crippen LogP contribution in [-0.4, -0.2) is 16.2 Å². The van der Waals surface area contributed by atoms with Crippen molar-refractivity contribution in [3.63, 3.8) is 0 Å². The fourth-order valence-electron chi connectivity index (χ4n) is 1.52. The minimum atomic E-state index is -0.816. The number of phenolic OH excluding ortho intramolecular Hbond substituents is 1. The maximum Gasteiger partial charge on any atom is 0.311 e. The Bertz CT molecular complexity index is 720. The predicted molar refractivity (Wildman–Crippen MR) is 72.3 cm³/mol. The summed E-state index contributed by atoms with van der Waals surface area (Å²) in [6, 6.07) is 6.59. The van der Waals surface area contributed by atoms with Crippen molar-refractivity contribution in [1.29, 1.82) is 0 Å². The van der Waals surface area contributed by atoms with E-state index in [1.54, 1.807) is 0 Å². The van der Waals surface area contributed by atoms with E-state index in [9.17, 15) is 24.0 Å². The van der Waals surface area contributed by atoms with Gasteiger partial charge in [0.25, 0.3) is 0 Å². The van der Waals surface area contributed by atoms with Crippen molar-refractivity contribution in [2.45, 2.75) is 0 Å². The summed E-state index contributed by atoms with van der Waals surface area (Å²) in [7, 11) is 0. The molecule has 0 spiro atoms. The number of aromatic hydroxyl groups is 1. The Balaban J connectivity index is 2.14. The second-order valence-corrected chi connectivity index (χ2v) is 4.00. The number of halogens is 2. The van der Waals surface area contributed by atoms with E-state index in [0.717, 1.165) is 18.2 Å². The van der Waals surface area contributed by atoms with Gasteiger partial charge >= 0.3 is 5.69 Å². The fraction of sp³-hybridized carbons (Fsp3) is 0. The lowest BCUT2D eigenvalue weighted by Crippen LogP contribution is -1.95. The van der Waals surface area contributed by atoms with Gasteiger partial charge in [-0.3, -0.25) is 15.5 Å². The van der Waals surface area contributed by atoms with Gasteiger partial charge in [-0.1, -0.05) is 0 Å². The molecule has 0 radical (unpaired) electrons. The van der Waals surface area contributed by atoms with Crippen LogP contribution in [0.1, 0.15) is 5.56 Å². The molecule has 0 fully saturated rings. The van der Waals surface area contributed by atoms with Crippen molar-refractivity contribution < 1.29 is 18.8 Å². The highest BCUT2D eigenvalue weighted by Crippen LogP contribution is 2.25. The number of hydrogen-bond acceptors (Lipinski definition) is 5. The van der Waals surface area contributed by atoms with Crippen LogP contribution in [0.25, 0.3) is 0 Å². The van der Waals surface area contributed by atoms with Crippen LogP contribution in [0.5, 0.6) is 5.75 Å². The molecule has 0 aromatic heterocycles. The zero-order valence-electron chi connectivity index (χ0n) is 10.5. The SMILES string of the molecule is O=[N+]([O-])c1cc(/C=N\Nc2ccc(F)cc2F)ccc1O. The van der Waals surface area contributed by atoms with Crippen LogP contribution in [0.2, 0.25) is 0 Å². The second kappa shape index (κ2) is 5.95. The number of anilines is 1. The molecule has 0 aliphatic heterocycles. The predicted octanol–water partition coefficient (Wildman–Crippen LogP) is 3.02. The molecular formula is C13H9F2N3O3. The molecule has 21 heavy (non-hydrogen) atoms. The normalized spacial score (nSPS) is 10.8. The third kappa shape index (κ3) is 3.50. The van der Waals surface area contributed by atoms with E-state index in [1.807, 2.05) is 0 Å². The lowest BCUT2D eigenvalue weighted by molar-refractivity contribution is -0.385. The number of benzene rings is 2. The summed E-state index contributed by atoms with van der Waals surface area (Å²) < 4.78 is 26.0. The molecule has 2 N–H and O–H groups in total. The maximum atomic E-state index is 13.3. The van der Waals surface area contributed by atoms with Crippen molar-refractivity contribution in [2.24, 2.45) is 5.10 Å². The Morgan fingerprint density at radius 2 is 2.00 bits per heavy atom. The first-order chi connectivity index (χ1) is 9.97. The summed E-state index contributed by atoms with van der Waals surface area (Å²) in [5.41, 5.74) is 2.17. The topological polar surface area (TPSA) is 87.8 Å². The zero-order chi connectivity index (χ0) is 15.4. The van der Waals surface area contributed by atoms with E-state index in [-0.39, 0.29) is 5.69 Å². The monoisotopic (exact) mass is 293 g/mol. The molecule has 0 aliphatic carbocycles. The number of phenols is 1. The number of rotatable bonds is 4. The van der Waals surface area contributed by atoms with Crippen LogP contribution in [0, 0.1) is 21.7 Å². The minimum Gasteiger partial charge on any atom is -0.502 e. The molecule has 0 heterocycles. The Hall–Kier alpha value is -3.03. The van der Waals surface area contributed by atoms with Crippen LogP contribution >= 0.6 is 0 Å². The molecule has 2 rings (SSSR count). The molecule has 0 atom stereocenters. The number of hydrogen-bond donors (Lipinski definition) is 2. The minimum absolute atomic E-state index is 0.0408. The Morgan fingerprint density at radius 3 is 2.67 bits per heavy atom. The summed E-state index contributed by atoms with van der Waals surface area (Å²) in [5, 5.41) is 23.6. The summed E-state index contributed by atoms with van der Waals surface area (Å²) in [6.45, 7) is 0. The summed E-state index contributed by atoms with van der Waals surface area (Å²) in [5.74, 6) is -1.99. The summed E-state index contributed by atoms with van der Waals surface area (Å²) in [4.78, 5) is 9.91. The molecule has 8 heteroatoms. The van der Waals surface area contributed by atoms with Gasteiger partial charge < -0.3 is 5.11 Å².